The highest BCUT2D eigenvalue weighted by atomic mass is 32.2. The molecule has 0 bridgehead atoms. The minimum Gasteiger partial charge on any atom is -0.354 e. The number of aromatic nitrogens is 4. The fraction of sp³-hybridized carbons (Fsp3) is 0.350. The molecule has 0 N–H and O–H groups in total. The van der Waals surface area contributed by atoms with Crippen molar-refractivity contribution in [2.45, 2.75) is 25.7 Å². The lowest BCUT2D eigenvalue weighted by Gasteiger charge is -2.34. The van der Waals surface area contributed by atoms with Crippen LogP contribution in [0.2, 0.25) is 0 Å². The minimum atomic E-state index is -3.50. The van der Waals surface area contributed by atoms with Crippen molar-refractivity contribution in [3.8, 4) is 5.82 Å². The zero-order valence-electron chi connectivity index (χ0n) is 16.8. The van der Waals surface area contributed by atoms with E-state index >= 15 is 0 Å². The van der Waals surface area contributed by atoms with Crippen LogP contribution in [-0.4, -0.2) is 58.4 Å². The number of hydrogen-bond donors (Lipinski definition) is 0. The van der Waals surface area contributed by atoms with Gasteiger partial charge in [-0.3, -0.25) is 4.57 Å². The summed E-state index contributed by atoms with van der Waals surface area (Å²) in [6.07, 6.45) is 5.23. The van der Waals surface area contributed by atoms with Crippen molar-refractivity contribution >= 4 is 15.8 Å². The molecule has 3 heterocycles. The normalized spacial score (nSPS) is 15.6. The molecule has 8 nitrogen and oxygen atoms in total. The smallest absolute Gasteiger partial charge is 0.243 e. The third kappa shape index (κ3) is 3.88. The van der Waals surface area contributed by atoms with Gasteiger partial charge in [-0.2, -0.15) is 4.31 Å². The molecule has 0 radical (unpaired) electrons. The van der Waals surface area contributed by atoms with Crippen molar-refractivity contribution in [2.24, 2.45) is 0 Å². The van der Waals surface area contributed by atoms with Gasteiger partial charge in [0.25, 0.3) is 0 Å². The van der Waals surface area contributed by atoms with E-state index in [2.05, 4.69) is 19.9 Å². The first kappa shape index (κ1) is 19.5. The van der Waals surface area contributed by atoms with Crippen molar-refractivity contribution < 1.29 is 8.42 Å². The van der Waals surface area contributed by atoms with Crippen molar-refractivity contribution in [3.05, 3.63) is 59.9 Å². The Morgan fingerprint density at radius 3 is 2.28 bits per heavy atom. The van der Waals surface area contributed by atoms with E-state index in [0.717, 1.165) is 22.8 Å². The number of benzene rings is 1. The second-order valence-corrected chi connectivity index (χ2v) is 9.18. The summed E-state index contributed by atoms with van der Waals surface area (Å²) < 4.78 is 29.4. The molecule has 0 atom stereocenters. The molecule has 0 spiro atoms. The number of piperazine rings is 1. The Bertz CT molecular complexity index is 1120. The molecule has 1 aromatic carbocycles. The molecule has 1 aliphatic rings. The summed E-state index contributed by atoms with van der Waals surface area (Å²) in [5, 5.41) is 0. The third-order valence-corrected chi connectivity index (χ3v) is 7.15. The van der Waals surface area contributed by atoms with Gasteiger partial charge in [0.15, 0.2) is 0 Å². The van der Waals surface area contributed by atoms with Crippen LogP contribution in [-0.2, 0) is 10.0 Å². The molecular weight excluding hydrogens is 388 g/mol. The lowest BCUT2D eigenvalue weighted by Crippen LogP contribution is -2.49. The molecular formula is C20H24N6O2S. The zero-order valence-corrected chi connectivity index (χ0v) is 17.6. The van der Waals surface area contributed by atoms with Crippen molar-refractivity contribution in [2.75, 3.05) is 31.1 Å². The highest BCUT2D eigenvalue weighted by molar-refractivity contribution is 7.89. The van der Waals surface area contributed by atoms with Gasteiger partial charge < -0.3 is 4.90 Å². The highest BCUT2D eigenvalue weighted by Crippen LogP contribution is 2.23. The standard InChI is InChI=1S/C20H24N6O2S/c1-15-4-5-18(12-16(15)2)29(27,28)26-10-8-24(9-11-26)19-13-20(23-17(3)22-19)25-7-6-21-14-25/h4-7,12-14H,8-11H2,1-3H3. The fourth-order valence-corrected chi connectivity index (χ4v) is 4.91. The van der Waals surface area contributed by atoms with E-state index in [-0.39, 0.29) is 0 Å². The molecule has 2 aromatic heterocycles. The number of anilines is 1. The number of sulfonamides is 1. The van der Waals surface area contributed by atoms with Crippen LogP contribution in [0.25, 0.3) is 5.82 Å². The molecule has 0 aliphatic carbocycles. The van der Waals surface area contributed by atoms with Crippen LogP contribution >= 0.6 is 0 Å². The van der Waals surface area contributed by atoms with Gasteiger partial charge in [-0.05, 0) is 44.0 Å². The molecule has 1 fully saturated rings. The van der Waals surface area contributed by atoms with Crippen LogP contribution in [0.15, 0.2) is 47.9 Å². The first-order chi connectivity index (χ1) is 13.8. The summed E-state index contributed by atoms with van der Waals surface area (Å²) >= 11 is 0. The number of hydrogen-bond acceptors (Lipinski definition) is 6. The molecule has 3 aromatic rings. The van der Waals surface area contributed by atoms with Gasteiger partial charge in [-0.15, -0.1) is 0 Å². The Hall–Kier alpha value is -2.78. The van der Waals surface area contributed by atoms with Gasteiger partial charge in [0.05, 0.1) is 4.90 Å². The maximum atomic E-state index is 13.0. The highest BCUT2D eigenvalue weighted by Gasteiger charge is 2.29. The Morgan fingerprint density at radius 1 is 0.897 bits per heavy atom. The molecule has 0 saturated carbocycles. The summed E-state index contributed by atoms with van der Waals surface area (Å²) in [6, 6.07) is 7.21. The van der Waals surface area contributed by atoms with E-state index in [1.807, 2.05) is 43.7 Å². The predicted octanol–water partition coefficient (Wildman–Crippen LogP) is 2.10. The first-order valence-electron chi connectivity index (χ1n) is 9.51. The van der Waals surface area contributed by atoms with Crippen LogP contribution in [0.5, 0.6) is 0 Å². The number of aryl methyl sites for hydroxylation is 3. The largest absolute Gasteiger partial charge is 0.354 e. The van der Waals surface area contributed by atoms with Gasteiger partial charge in [0, 0.05) is 44.6 Å². The lowest BCUT2D eigenvalue weighted by atomic mass is 10.1. The third-order valence-electron chi connectivity index (χ3n) is 5.26. The van der Waals surface area contributed by atoms with Gasteiger partial charge >= 0.3 is 0 Å². The quantitative estimate of drug-likeness (QED) is 0.653. The Morgan fingerprint density at radius 2 is 1.62 bits per heavy atom. The summed E-state index contributed by atoms with van der Waals surface area (Å²) in [5.74, 6) is 2.20. The van der Waals surface area contributed by atoms with E-state index < -0.39 is 10.0 Å². The zero-order chi connectivity index (χ0) is 20.6. The van der Waals surface area contributed by atoms with E-state index in [0.29, 0.717) is 36.9 Å². The van der Waals surface area contributed by atoms with Crippen molar-refractivity contribution in [1.29, 1.82) is 0 Å². The average Bonchev–Trinajstić information content (AvgIpc) is 3.24. The summed E-state index contributed by atoms with van der Waals surface area (Å²) in [6.45, 7) is 7.74. The topological polar surface area (TPSA) is 84.2 Å². The maximum Gasteiger partial charge on any atom is 0.243 e. The number of nitrogens with zero attached hydrogens (tertiary/aromatic N) is 6. The second-order valence-electron chi connectivity index (χ2n) is 7.24. The summed E-state index contributed by atoms with van der Waals surface area (Å²) in [7, 11) is -3.50. The molecule has 4 rings (SSSR count). The van der Waals surface area contributed by atoms with Crippen LogP contribution in [0.3, 0.4) is 0 Å². The van der Waals surface area contributed by atoms with E-state index in [1.54, 1.807) is 29.0 Å². The number of rotatable bonds is 4. The molecule has 29 heavy (non-hydrogen) atoms. The average molecular weight is 413 g/mol. The Balaban J connectivity index is 1.52. The van der Waals surface area contributed by atoms with Crippen LogP contribution < -0.4 is 4.90 Å². The summed E-state index contributed by atoms with van der Waals surface area (Å²) in [4.78, 5) is 15.5. The molecule has 1 saturated heterocycles. The Labute approximate surface area is 170 Å². The SMILES string of the molecule is Cc1nc(N2CCN(S(=O)(=O)c3ccc(C)c(C)c3)CC2)cc(-n2ccnc2)n1. The van der Waals surface area contributed by atoms with Gasteiger partial charge in [0.2, 0.25) is 10.0 Å². The monoisotopic (exact) mass is 412 g/mol. The molecule has 0 amide bonds. The van der Waals surface area contributed by atoms with E-state index in [9.17, 15) is 8.42 Å². The van der Waals surface area contributed by atoms with E-state index in [1.165, 1.54) is 0 Å². The lowest BCUT2D eigenvalue weighted by molar-refractivity contribution is 0.383. The van der Waals surface area contributed by atoms with Crippen LogP contribution in [0, 0.1) is 20.8 Å². The maximum absolute atomic E-state index is 13.0. The van der Waals surface area contributed by atoms with Gasteiger partial charge in [0.1, 0.15) is 23.8 Å². The summed E-state index contributed by atoms with van der Waals surface area (Å²) in [5.41, 5.74) is 2.06. The molecule has 1 aliphatic heterocycles. The first-order valence-corrected chi connectivity index (χ1v) is 10.9. The van der Waals surface area contributed by atoms with Crippen molar-refractivity contribution in [1.82, 2.24) is 23.8 Å². The van der Waals surface area contributed by atoms with E-state index in [4.69, 9.17) is 0 Å². The Kier molecular flexibility index (Phi) is 5.10. The molecule has 152 valence electrons. The molecule has 0 unspecified atom stereocenters. The minimum absolute atomic E-state index is 0.356. The van der Waals surface area contributed by atoms with Crippen LogP contribution in [0.4, 0.5) is 5.82 Å². The molecule has 9 heteroatoms. The van der Waals surface area contributed by atoms with Crippen LogP contribution in [0.1, 0.15) is 17.0 Å². The number of imidazole rings is 1. The van der Waals surface area contributed by atoms with Gasteiger partial charge in [-0.1, -0.05) is 6.07 Å². The van der Waals surface area contributed by atoms with Gasteiger partial charge in [-0.25, -0.2) is 23.4 Å². The second kappa shape index (κ2) is 7.57. The predicted molar refractivity (Wildman–Crippen MR) is 111 cm³/mol. The fourth-order valence-electron chi connectivity index (χ4n) is 3.41. The van der Waals surface area contributed by atoms with Crippen molar-refractivity contribution in [3.63, 3.8) is 0 Å².